The molecule has 0 saturated carbocycles. The van der Waals surface area contributed by atoms with Gasteiger partial charge in [0.05, 0.1) is 23.4 Å². The first-order valence-corrected chi connectivity index (χ1v) is 12.0. The number of benzene rings is 2. The zero-order valence-corrected chi connectivity index (χ0v) is 20.7. The van der Waals surface area contributed by atoms with Crippen LogP contribution in [-0.4, -0.2) is 37.0 Å². The van der Waals surface area contributed by atoms with Gasteiger partial charge in [-0.05, 0) is 41.8 Å². The van der Waals surface area contributed by atoms with E-state index in [9.17, 15) is 13.6 Å². The quantitative estimate of drug-likeness (QED) is 0.300. The summed E-state index contributed by atoms with van der Waals surface area (Å²) in [6.07, 6.45) is 6.62. The van der Waals surface area contributed by atoms with Gasteiger partial charge in [0.1, 0.15) is 17.5 Å². The van der Waals surface area contributed by atoms with Gasteiger partial charge in [-0.3, -0.25) is 4.79 Å². The maximum Gasteiger partial charge on any atom is 0.321 e. The lowest BCUT2D eigenvalue weighted by atomic mass is 9.92. The first kappa shape index (κ1) is 24.4. The van der Waals surface area contributed by atoms with E-state index in [4.69, 9.17) is 4.74 Å². The van der Waals surface area contributed by atoms with Gasteiger partial charge in [0, 0.05) is 30.9 Å². The van der Waals surface area contributed by atoms with Crippen molar-refractivity contribution in [2.75, 3.05) is 0 Å². The van der Waals surface area contributed by atoms with Gasteiger partial charge in [-0.15, -0.1) is 0 Å². The summed E-state index contributed by atoms with van der Waals surface area (Å²) in [5.41, 5.74) is 3.36. The van der Waals surface area contributed by atoms with Gasteiger partial charge in [-0.2, -0.15) is 13.9 Å². The summed E-state index contributed by atoms with van der Waals surface area (Å²) in [5, 5.41) is 7.91. The van der Waals surface area contributed by atoms with Crippen LogP contribution in [0, 0.1) is 5.92 Å². The number of imidazole rings is 1. The molecule has 7 nitrogen and oxygen atoms in total. The van der Waals surface area contributed by atoms with Crippen LogP contribution in [0.25, 0.3) is 22.2 Å². The molecular formula is C28H27F2N5O2. The van der Waals surface area contributed by atoms with E-state index < -0.39 is 24.0 Å². The molecule has 2 atom stereocenters. The van der Waals surface area contributed by atoms with Crippen LogP contribution in [0.1, 0.15) is 32.4 Å². The summed E-state index contributed by atoms with van der Waals surface area (Å²) in [6.45, 7) is 4.32. The highest BCUT2D eigenvalue weighted by molar-refractivity contribution is 5.83. The van der Waals surface area contributed by atoms with Crippen molar-refractivity contribution in [1.82, 2.24) is 24.5 Å². The Hall–Kier alpha value is -4.27. The Balaban J connectivity index is 1.48. The number of carbonyl (C=O) groups excluding carboxylic acids is 1. The van der Waals surface area contributed by atoms with Crippen molar-refractivity contribution < 1.29 is 18.3 Å². The molecule has 0 spiro atoms. The molecule has 2 aromatic carbocycles. The molecule has 1 N–H and O–H groups in total. The van der Waals surface area contributed by atoms with E-state index in [0.717, 1.165) is 27.8 Å². The summed E-state index contributed by atoms with van der Waals surface area (Å²) in [5.74, 6) is -4.47. The Kier molecular flexibility index (Phi) is 6.37. The molecule has 3 heterocycles. The molecule has 5 rings (SSSR count). The molecule has 0 aliphatic carbocycles. The molecule has 0 bridgehead atoms. The van der Waals surface area contributed by atoms with E-state index in [1.807, 2.05) is 96.0 Å². The van der Waals surface area contributed by atoms with Gasteiger partial charge in [0.15, 0.2) is 0 Å². The minimum Gasteiger partial charge on any atom is -0.484 e. The topological polar surface area (TPSA) is 73.4 Å². The van der Waals surface area contributed by atoms with Gasteiger partial charge >= 0.3 is 5.92 Å². The molecule has 0 fully saturated rings. The molecule has 0 radical (unpaired) electrons. The summed E-state index contributed by atoms with van der Waals surface area (Å²) in [6, 6.07) is 18.0. The van der Waals surface area contributed by atoms with E-state index in [-0.39, 0.29) is 5.92 Å². The lowest BCUT2D eigenvalue weighted by molar-refractivity contribution is -0.145. The van der Waals surface area contributed by atoms with Crippen LogP contribution in [-0.2, 0) is 4.79 Å². The number of alkyl halides is 2. The predicted molar refractivity (Wildman–Crippen MR) is 137 cm³/mol. The van der Waals surface area contributed by atoms with Crippen molar-refractivity contribution in [3.63, 3.8) is 0 Å². The van der Waals surface area contributed by atoms with Crippen LogP contribution in [0.2, 0.25) is 0 Å². The Morgan fingerprint density at radius 2 is 1.86 bits per heavy atom. The predicted octanol–water partition coefficient (Wildman–Crippen LogP) is 5.59. The average Bonchev–Trinajstić information content (AvgIpc) is 3.52. The molecule has 0 aliphatic rings. The third-order valence-electron chi connectivity index (χ3n) is 6.29. The van der Waals surface area contributed by atoms with Crippen molar-refractivity contribution in [2.24, 2.45) is 5.92 Å². The maximum absolute atomic E-state index is 13.7. The first-order valence-electron chi connectivity index (χ1n) is 12.0. The lowest BCUT2D eigenvalue weighted by Crippen LogP contribution is -2.49. The highest BCUT2D eigenvalue weighted by Gasteiger charge is 2.37. The number of nitrogens with zero attached hydrogens (tertiary/aromatic N) is 4. The number of amides is 1. The van der Waals surface area contributed by atoms with Gasteiger partial charge in [0.2, 0.25) is 0 Å². The average molecular weight is 504 g/mol. The summed E-state index contributed by atoms with van der Waals surface area (Å²) < 4.78 is 37.6. The van der Waals surface area contributed by atoms with Crippen molar-refractivity contribution >= 4 is 22.5 Å². The van der Waals surface area contributed by atoms with E-state index in [0.29, 0.717) is 12.7 Å². The largest absolute Gasteiger partial charge is 0.484 e. The van der Waals surface area contributed by atoms with Gasteiger partial charge in [-0.1, -0.05) is 44.2 Å². The normalized spacial score (nSPS) is 13.7. The van der Waals surface area contributed by atoms with Crippen LogP contribution < -0.4 is 10.1 Å². The Labute approximate surface area is 212 Å². The van der Waals surface area contributed by atoms with Crippen LogP contribution in [0.5, 0.6) is 5.75 Å². The molecule has 1 amide bonds. The second-order valence-electron chi connectivity index (χ2n) is 9.44. The van der Waals surface area contributed by atoms with Crippen LogP contribution in [0.15, 0.2) is 85.5 Å². The maximum atomic E-state index is 13.7. The van der Waals surface area contributed by atoms with Crippen molar-refractivity contribution in [3.05, 3.63) is 91.0 Å². The fourth-order valence-corrected chi connectivity index (χ4v) is 4.33. The SMILES string of the molecule is CC(C)[C@H](NC(=O)C(C)(F)F)[C@H](Oc1ccc2c(cnn2-c2ccc3nccn3c2)c1)c1ccccc1. The summed E-state index contributed by atoms with van der Waals surface area (Å²) in [7, 11) is 0. The van der Waals surface area contributed by atoms with E-state index >= 15 is 0 Å². The Bertz CT molecular complexity index is 1540. The monoisotopic (exact) mass is 503 g/mol. The number of aromatic nitrogens is 4. The molecule has 190 valence electrons. The Morgan fingerprint density at radius 1 is 1.08 bits per heavy atom. The number of carbonyl (C=O) groups is 1. The zero-order valence-electron chi connectivity index (χ0n) is 20.7. The molecule has 9 heteroatoms. The molecule has 0 unspecified atom stereocenters. The third kappa shape index (κ3) is 5.02. The fraction of sp³-hybridized carbons (Fsp3) is 0.250. The molecule has 0 saturated heterocycles. The minimum absolute atomic E-state index is 0.180. The second-order valence-corrected chi connectivity index (χ2v) is 9.44. The fourth-order valence-electron chi connectivity index (χ4n) is 4.33. The number of nitrogens with one attached hydrogen (secondary N) is 1. The summed E-state index contributed by atoms with van der Waals surface area (Å²) in [4.78, 5) is 16.5. The minimum atomic E-state index is -3.50. The van der Waals surface area contributed by atoms with E-state index in [1.54, 1.807) is 12.4 Å². The zero-order chi connectivity index (χ0) is 26.2. The van der Waals surface area contributed by atoms with Crippen LogP contribution in [0.3, 0.4) is 0 Å². The highest BCUT2D eigenvalue weighted by atomic mass is 19.3. The first-order chi connectivity index (χ1) is 17.7. The standard InChI is InChI=1S/C28H27F2N5O2/c1-18(2)25(33-27(36)28(3,29)30)26(19-7-5-4-6-8-19)37-22-10-11-23-20(15-22)16-32-35(23)21-9-12-24-31-13-14-34(24)17-21/h4-18,25-26H,1-3H3,(H,33,36)/t25-,26+/m0/s1. The second kappa shape index (κ2) is 9.65. The molecule has 0 aliphatic heterocycles. The third-order valence-corrected chi connectivity index (χ3v) is 6.29. The number of pyridine rings is 1. The van der Waals surface area contributed by atoms with E-state index in [2.05, 4.69) is 15.4 Å². The Morgan fingerprint density at radius 3 is 2.59 bits per heavy atom. The lowest BCUT2D eigenvalue weighted by Gasteiger charge is -2.32. The van der Waals surface area contributed by atoms with Crippen molar-refractivity contribution in [1.29, 1.82) is 0 Å². The number of halogens is 2. The number of fused-ring (bicyclic) bond motifs is 2. The van der Waals surface area contributed by atoms with Gasteiger partial charge in [-0.25, -0.2) is 9.67 Å². The van der Waals surface area contributed by atoms with Crippen LogP contribution in [0.4, 0.5) is 8.78 Å². The number of rotatable bonds is 8. The van der Waals surface area contributed by atoms with Gasteiger partial charge in [0.25, 0.3) is 5.91 Å². The van der Waals surface area contributed by atoms with Crippen molar-refractivity contribution in [2.45, 2.75) is 38.8 Å². The van der Waals surface area contributed by atoms with Crippen molar-refractivity contribution in [3.8, 4) is 11.4 Å². The highest BCUT2D eigenvalue weighted by Crippen LogP contribution is 2.31. The van der Waals surface area contributed by atoms with E-state index in [1.165, 1.54) is 0 Å². The molecule has 3 aromatic heterocycles. The molecular weight excluding hydrogens is 476 g/mol. The summed E-state index contributed by atoms with van der Waals surface area (Å²) >= 11 is 0. The number of ether oxygens (including phenoxy) is 1. The van der Waals surface area contributed by atoms with Crippen LogP contribution >= 0.6 is 0 Å². The smallest absolute Gasteiger partial charge is 0.321 e. The molecule has 5 aromatic rings. The number of hydrogen-bond acceptors (Lipinski definition) is 4. The molecule has 37 heavy (non-hydrogen) atoms. The number of hydrogen-bond donors (Lipinski definition) is 1. The van der Waals surface area contributed by atoms with Gasteiger partial charge < -0.3 is 14.5 Å².